The molecule has 4 aromatic rings. The van der Waals surface area contributed by atoms with Crippen molar-refractivity contribution in [2.75, 3.05) is 13.1 Å². The van der Waals surface area contributed by atoms with E-state index in [9.17, 15) is 4.39 Å². The van der Waals surface area contributed by atoms with E-state index in [4.69, 9.17) is 10.7 Å². The summed E-state index contributed by atoms with van der Waals surface area (Å²) >= 11 is 0. The van der Waals surface area contributed by atoms with Gasteiger partial charge in [-0.05, 0) is 55.3 Å². The van der Waals surface area contributed by atoms with E-state index in [0.717, 1.165) is 74.2 Å². The molecule has 0 radical (unpaired) electrons. The largest absolute Gasteiger partial charge is 0.353 e. The summed E-state index contributed by atoms with van der Waals surface area (Å²) in [5.74, 6) is 0.503. The van der Waals surface area contributed by atoms with Gasteiger partial charge in [-0.3, -0.25) is 10.1 Å². The molecule has 4 N–H and O–H groups in total. The summed E-state index contributed by atoms with van der Waals surface area (Å²) in [5, 5.41) is 10.5. The summed E-state index contributed by atoms with van der Waals surface area (Å²) < 4.78 is 13.5. The smallest absolute Gasteiger partial charge is 0.128 e. The Balaban J connectivity index is 1.56. The summed E-state index contributed by atoms with van der Waals surface area (Å²) in [6.45, 7) is 13.6. The fraction of sp³-hybridized carbons (Fsp3) is 0.167. The van der Waals surface area contributed by atoms with Crippen molar-refractivity contribution in [2.45, 2.75) is 19.9 Å². The number of hydrogen-bond acceptors (Lipinski definition) is 4. The molecule has 1 aliphatic heterocycles. The second-order valence-electron chi connectivity index (χ2n) is 9.21. The molecule has 0 spiro atoms. The van der Waals surface area contributed by atoms with E-state index < -0.39 is 0 Å². The Kier molecular flexibility index (Phi) is 6.89. The zero-order valence-corrected chi connectivity index (χ0v) is 21.5. The number of aromatic amines is 2. The average Bonchev–Trinajstić information content (AvgIpc) is 3.52. The van der Waals surface area contributed by atoms with Crippen molar-refractivity contribution >= 4 is 28.9 Å². The maximum Gasteiger partial charge on any atom is 0.128 e. The van der Waals surface area contributed by atoms with Crippen LogP contribution < -0.4 is 16.3 Å². The fourth-order valence-corrected chi connectivity index (χ4v) is 4.61. The third-order valence-corrected chi connectivity index (χ3v) is 6.65. The molecule has 1 aliphatic rings. The summed E-state index contributed by atoms with van der Waals surface area (Å²) in [5.41, 5.74) is 11.7. The molecule has 0 saturated carbocycles. The molecule has 0 unspecified atom stereocenters. The first kappa shape index (κ1) is 25.1. The Morgan fingerprint density at radius 3 is 2.63 bits per heavy atom. The first-order valence-corrected chi connectivity index (χ1v) is 12.4. The number of aliphatic imine (C=N–C) groups is 1. The topological polar surface area (TPSA) is 99.0 Å². The lowest BCUT2D eigenvalue weighted by Gasteiger charge is -2.38. The van der Waals surface area contributed by atoms with Crippen LogP contribution in [0, 0.1) is 5.82 Å². The van der Waals surface area contributed by atoms with Crippen molar-refractivity contribution in [1.82, 2.24) is 25.1 Å². The molecule has 1 saturated heterocycles. The van der Waals surface area contributed by atoms with Gasteiger partial charge in [-0.25, -0.2) is 9.38 Å². The normalized spacial score (nSPS) is 15.8. The predicted octanol–water partition coefficient (Wildman–Crippen LogP) is 4.03. The first-order valence-electron chi connectivity index (χ1n) is 12.4. The highest BCUT2D eigenvalue weighted by molar-refractivity contribution is 5.97. The maximum absolute atomic E-state index is 13.5. The molecule has 7 nitrogen and oxygen atoms in total. The number of pyridine rings is 1. The van der Waals surface area contributed by atoms with E-state index in [-0.39, 0.29) is 11.9 Å². The standard InChI is InChI=1S/C30H30FN7/c1-5-25(35-29(7-3)38-16-21(32)17-38)18(4)12-23-26(6-2)36-37-30(23)27-13-22-24(14-33-15-28(22)34-27)19-8-10-20(31)11-9-19/h5-15,21,34,36H,3-4,16-17,32H2,1-2H3/b23-12+,25-5-,26-6+,35-29?. The van der Waals surface area contributed by atoms with Crippen molar-refractivity contribution in [3.05, 3.63) is 95.7 Å². The van der Waals surface area contributed by atoms with Gasteiger partial charge in [-0.1, -0.05) is 37.4 Å². The van der Waals surface area contributed by atoms with Crippen LogP contribution in [-0.2, 0) is 0 Å². The quantitative estimate of drug-likeness (QED) is 0.209. The fourth-order valence-electron chi connectivity index (χ4n) is 4.61. The molecule has 38 heavy (non-hydrogen) atoms. The Morgan fingerprint density at radius 2 is 1.97 bits per heavy atom. The first-order chi connectivity index (χ1) is 18.4. The molecule has 5 rings (SSSR count). The highest BCUT2D eigenvalue weighted by atomic mass is 19.1. The van der Waals surface area contributed by atoms with Gasteiger partial charge >= 0.3 is 0 Å². The zero-order chi connectivity index (χ0) is 26.8. The number of benzene rings is 1. The number of allylic oxidation sites excluding steroid dienone is 2. The van der Waals surface area contributed by atoms with Gasteiger partial charge in [0.25, 0.3) is 0 Å². The number of amidine groups is 1. The highest BCUT2D eigenvalue weighted by Gasteiger charge is 2.24. The van der Waals surface area contributed by atoms with Crippen LogP contribution in [0.5, 0.6) is 0 Å². The number of hydrogen-bond donors (Lipinski definition) is 3. The number of aromatic nitrogens is 4. The number of nitrogens with zero attached hydrogens (tertiary/aromatic N) is 4. The van der Waals surface area contributed by atoms with E-state index in [1.165, 1.54) is 12.1 Å². The van der Waals surface area contributed by atoms with Crippen molar-refractivity contribution in [3.8, 4) is 22.5 Å². The number of nitrogens with one attached hydrogen (secondary N) is 2. The molecule has 1 fully saturated rings. The monoisotopic (exact) mass is 507 g/mol. The highest BCUT2D eigenvalue weighted by Crippen LogP contribution is 2.30. The number of likely N-dealkylation sites (tertiary alicyclic amines) is 1. The number of fused-ring (bicyclic) bond motifs is 1. The Morgan fingerprint density at radius 1 is 1.21 bits per heavy atom. The van der Waals surface area contributed by atoms with Crippen LogP contribution in [0.2, 0.25) is 0 Å². The van der Waals surface area contributed by atoms with Crippen LogP contribution >= 0.6 is 0 Å². The Hall–Kier alpha value is -4.56. The van der Waals surface area contributed by atoms with E-state index in [1.54, 1.807) is 30.6 Å². The van der Waals surface area contributed by atoms with Crippen molar-refractivity contribution < 1.29 is 4.39 Å². The lowest BCUT2D eigenvalue weighted by molar-refractivity contribution is 0.255. The van der Waals surface area contributed by atoms with Gasteiger partial charge in [-0.2, -0.15) is 5.10 Å². The number of H-pyrrole nitrogens is 2. The molecule has 3 aromatic heterocycles. The SMILES string of the molecule is C=CC(=N/C(=C\C)C(=C)/C=c1/c(-c2cc3c(-c4ccc(F)cc4)cncc3[nH]2)n[nH]/c1=C/C)N1CC(N)C1. The minimum Gasteiger partial charge on any atom is -0.353 e. The van der Waals surface area contributed by atoms with Gasteiger partial charge < -0.3 is 15.6 Å². The van der Waals surface area contributed by atoms with Crippen molar-refractivity contribution in [2.24, 2.45) is 10.7 Å². The Bertz CT molecular complexity index is 1700. The van der Waals surface area contributed by atoms with E-state index in [0.29, 0.717) is 0 Å². The van der Waals surface area contributed by atoms with Crippen LogP contribution in [0.4, 0.5) is 4.39 Å². The minimum atomic E-state index is -0.276. The molecule has 8 heteroatoms. The summed E-state index contributed by atoms with van der Waals surface area (Å²) in [4.78, 5) is 14.7. The third-order valence-electron chi connectivity index (χ3n) is 6.65. The molecule has 0 aliphatic carbocycles. The van der Waals surface area contributed by atoms with Gasteiger partial charge in [-0.15, -0.1) is 0 Å². The second kappa shape index (κ2) is 10.4. The summed E-state index contributed by atoms with van der Waals surface area (Å²) in [6, 6.07) is 8.62. The summed E-state index contributed by atoms with van der Waals surface area (Å²) in [6.07, 6.45) is 11.2. The number of nitrogens with two attached hydrogens (primary N) is 1. The van der Waals surface area contributed by atoms with Gasteiger partial charge in [0.15, 0.2) is 0 Å². The van der Waals surface area contributed by atoms with Crippen molar-refractivity contribution in [1.29, 1.82) is 0 Å². The minimum absolute atomic E-state index is 0.162. The number of halogens is 1. The van der Waals surface area contributed by atoms with Crippen molar-refractivity contribution in [3.63, 3.8) is 0 Å². The summed E-state index contributed by atoms with van der Waals surface area (Å²) in [7, 11) is 0. The van der Waals surface area contributed by atoms with Gasteiger partial charge in [0.1, 0.15) is 17.3 Å². The molecule has 0 amide bonds. The molecular formula is C30H30FN7. The van der Waals surface area contributed by atoms with Crippen LogP contribution in [0.3, 0.4) is 0 Å². The molecule has 192 valence electrons. The third kappa shape index (κ3) is 4.73. The van der Waals surface area contributed by atoms with Crippen LogP contribution in [-0.4, -0.2) is 50.0 Å². The zero-order valence-electron chi connectivity index (χ0n) is 21.5. The molecule has 4 heterocycles. The molecule has 0 atom stereocenters. The molecule has 0 bridgehead atoms. The van der Waals surface area contributed by atoms with Crippen LogP contribution in [0.15, 0.2) is 84.3 Å². The van der Waals surface area contributed by atoms with E-state index >= 15 is 0 Å². The van der Waals surface area contributed by atoms with Gasteiger partial charge in [0.2, 0.25) is 0 Å². The second-order valence-corrected chi connectivity index (χ2v) is 9.21. The Labute approximate surface area is 220 Å². The predicted molar refractivity (Wildman–Crippen MR) is 153 cm³/mol. The van der Waals surface area contributed by atoms with E-state index in [1.807, 2.05) is 38.1 Å². The number of rotatable bonds is 6. The molecule has 1 aromatic carbocycles. The lowest BCUT2D eigenvalue weighted by atomic mass is 10.0. The lowest BCUT2D eigenvalue weighted by Crippen LogP contribution is -2.57. The average molecular weight is 508 g/mol. The van der Waals surface area contributed by atoms with Gasteiger partial charge in [0.05, 0.1) is 28.5 Å². The maximum atomic E-state index is 13.5. The van der Waals surface area contributed by atoms with Gasteiger partial charge in [0, 0.05) is 41.5 Å². The molecular weight excluding hydrogens is 477 g/mol. The van der Waals surface area contributed by atoms with Crippen LogP contribution in [0.25, 0.3) is 45.6 Å². The van der Waals surface area contributed by atoms with Crippen LogP contribution in [0.1, 0.15) is 13.8 Å². The van der Waals surface area contributed by atoms with E-state index in [2.05, 4.69) is 38.2 Å².